The number of hydrogen-bond acceptors (Lipinski definition) is 2. The van der Waals surface area contributed by atoms with Crippen molar-refractivity contribution < 1.29 is 27.2 Å². The summed E-state index contributed by atoms with van der Waals surface area (Å²) in [6.07, 6.45) is -4.49. The van der Waals surface area contributed by atoms with Crippen molar-refractivity contribution in [1.29, 1.82) is 0 Å². The summed E-state index contributed by atoms with van der Waals surface area (Å²) in [5, 5.41) is 4.55. The number of hydrogen-bond donors (Lipinski definition) is 2. The number of benzene rings is 2. The second kappa shape index (κ2) is 7.33. The lowest BCUT2D eigenvalue weighted by atomic mass is 10.1. The number of carbonyl (C=O) groups excluding carboxylic acids is 2. The lowest BCUT2D eigenvalue weighted by Crippen LogP contribution is -2.33. The van der Waals surface area contributed by atoms with E-state index in [9.17, 15) is 27.2 Å². The molecule has 0 aliphatic heterocycles. The van der Waals surface area contributed by atoms with Crippen LogP contribution in [-0.2, 0) is 11.0 Å². The van der Waals surface area contributed by atoms with Crippen LogP contribution in [0.1, 0.15) is 21.5 Å². The molecule has 8 heteroatoms. The lowest BCUT2D eigenvalue weighted by molar-refractivity contribution is -0.137. The van der Waals surface area contributed by atoms with Crippen LogP contribution in [0.5, 0.6) is 0 Å². The van der Waals surface area contributed by atoms with E-state index in [0.29, 0.717) is 5.56 Å². The van der Waals surface area contributed by atoms with Crippen molar-refractivity contribution in [3.63, 3.8) is 0 Å². The van der Waals surface area contributed by atoms with Crippen LogP contribution < -0.4 is 10.6 Å². The monoisotopic (exact) mass is 354 g/mol. The Balaban J connectivity index is 1.92. The van der Waals surface area contributed by atoms with Crippen molar-refractivity contribution in [2.75, 3.05) is 11.9 Å². The molecule has 0 fully saturated rings. The molecule has 2 amide bonds. The fourth-order valence-corrected chi connectivity index (χ4v) is 1.99. The Labute approximate surface area is 140 Å². The molecule has 0 radical (unpaired) electrons. The van der Waals surface area contributed by atoms with E-state index in [1.807, 2.05) is 0 Å². The van der Waals surface area contributed by atoms with Gasteiger partial charge in [-0.25, -0.2) is 4.39 Å². The SMILES string of the molecule is Cc1ccc(NC(=O)CNC(=O)c2ccc(C(F)(F)F)cc2)c(F)c1. The molecule has 0 aliphatic rings. The molecule has 2 aromatic rings. The van der Waals surface area contributed by atoms with Crippen LogP contribution >= 0.6 is 0 Å². The van der Waals surface area contributed by atoms with E-state index in [0.717, 1.165) is 24.3 Å². The van der Waals surface area contributed by atoms with Crippen molar-refractivity contribution in [2.45, 2.75) is 13.1 Å². The predicted octanol–water partition coefficient (Wildman–Crippen LogP) is 3.52. The minimum Gasteiger partial charge on any atom is -0.343 e. The summed E-state index contributed by atoms with van der Waals surface area (Å²) in [7, 11) is 0. The van der Waals surface area contributed by atoms with E-state index in [1.165, 1.54) is 12.1 Å². The Kier molecular flexibility index (Phi) is 5.41. The highest BCUT2D eigenvalue weighted by molar-refractivity contribution is 5.99. The minimum atomic E-state index is -4.49. The lowest BCUT2D eigenvalue weighted by Gasteiger charge is -2.09. The predicted molar refractivity (Wildman–Crippen MR) is 83.5 cm³/mol. The van der Waals surface area contributed by atoms with Crippen molar-refractivity contribution in [3.8, 4) is 0 Å². The molecular weight excluding hydrogens is 340 g/mol. The van der Waals surface area contributed by atoms with E-state index >= 15 is 0 Å². The summed E-state index contributed by atoms with van der Waals surface area (Å²) in [6, 6.07) is 7.81. The summed E-state index contributed by atoms with van der Waals surface area (Å²) in [6.45, 7) is 1.24. The van der Waals surface area contributed by atoms with E-state index in [4.69, 9.17) is 0 Å². The smallest absolute Gasteiger partial charge is 0.343 e. The van der Waals surface area contributed by atoms with Crippen LogP contribution in [0.2, 0.25) is 0 Å². The van der Waals surface area contributed by atoms with Crippen LogP contribution in [0.4, 0.5) is 23.2 Å². The van der Waals surface area contributed by atoms with E-state index in [1.54, 1.807) is 13.0 Å². The molecule has 0 atom stereocenters. The van der Waals surface area contributed by atoms with Gasteiger partial charge in [-0.15, -0.1) is 0 Å². The summed E-state index contributed by atoms with van der Waals surface area (Å²) >= 11 is 0. The Bertz CT molecular complexity index is 786. The molecule has 0 heterocycles. The molecule has 2 rings (SSSR count). The van der Waals surface area contributed by atoms with Crippen molar-refractivity contribution >= 4 is 17.5 Å². The summed E-state index contributed by atoms with van der Waals surface area (Å²) in [5.74, 6) is -1.99. The van der Waals surface area contributed by atoms with Crippen LogP contribution in [-0.4, -0.2) is 18.4 Å². The number of rotatable bonds is 4. The van der Waals surface area contributed by atoms with Gasteiger partial charge in [-0.1, -0.05) is 6.07 Å². The van der Waals surface area contributed by atoms with Crippen molar-refractivity contribution in [2.24, 2.45) is 0 Å². The van der Waals surface area contributed by atoms with E-state index in [2.05, 4.69) is 10.6 Å². The highest BCUT2D eigenvalue weighted by Crippen LogP contribution is 2.29. The van der Waals surface area contributed by atoms with Gasteiger partial charge >= 0.3 is 6.18 Å². The molecule has 2 N–H and O–H groups in total. The Morgan fingerprint density at radius 3 is 2.24 bits per heavy atom. The van der Waals surface area contributed by atoms with E-state index in [-0.39, 0.29) is 11.3 Å². The second-order valence-electron chi connectivity index (χ2n) is 5.29. The van der Waals surface area contributed by atoms with Gasteiger partial charge in [-0.3, -0.25) is 9.59 Å². The number of amides is 2. The Morgan fingerprint density at radius 1 is 1.04 bits per heavy atom. The molecule has 0 unspecified atom stereocenters. The molecule has 4 nitrogen and oxygen atoms in total. The third-order valence-electron chi connectivity index (χ3n) is 3.28. The van der Waals surface area contributed by atoms with Gasteiger partial charge in [0.1, 0.15) is 5.82 Å². The number of nitrogens with one attached hydrogen (secondary N) is 2. The average Bonchev–Trinajstić information content (AvgIpc) is 2.54. The first-order valence-corrected chi connectivity index (χ1v) is 7.18. The molecule has 0 saturated heterocycles. The number of anilines is 1. The quantitative estimate of drug-likeness (QED) is 0.826. The maximum atomic E-state index is 13.6. The summed E-state index contributed by atoms with van der Waals surface area (Å²) in [5.41, 5.74) is -0.246. The third kappa shape index (κ3) is 5.03. The largest absolute Gasteiger partial charge is 0.416 e. The molecule has 25 heavy (non-hydrogen) atoms. The fourth-order valence-electron chi connectivity index (χ4n) is 1.99. The number of alkyl halides is 3. The highest BCUT2D eigenvalue weighted by Gasteiger charge is 2.30. The molecule has 0 aromatic heterocycles. The van der Waals surface area contributed by atoms with E-state index < -0.39 is 35.9 Å². The Morgan fingerprint density at radius 2 is 1.68 bits per heavy atom. The molecule has 0 bridgehead atoms. The first-order chi connectivity index (χ1) is 11.7. The van der Waals surface area contributed by atoms with Crippen molar-refractivity contribution in [3.05, 3.63) is 65.0 Å². The second-order valence-corrected chi connectivity index (χ2v) is 5.29. The standard InChI is InChI=1S/C17H14F4N2O2/c1-10-2-7-14(13(18)8-10)23-15(24)9-22-16(25)11-3-5-12(6-4-11)17(19,20)21/h2-8H,9H2,1H3,(H,22,25)(H,23,24). The Hall–Kier alpha value is -2.90. The first kappa shape index (κ1) is 18.4. The average molecular weight is 354 g/mol. The van der Waals surface area contributed by atoms with Crippen LogP contribution in [0, 0.1) is 12.7 Å². The molecule has 132 valence electrons. The molecule has 2 aromatic carbocycles. The van der Waals surface area contributed by atoms with Gasteiger partial charge < -0.3 is 10.6 Å². The first-order valence-electron chi connectivity index (χ1n) is 7.18. The number of carbonyl (C=O) groups is 2. The maximum Gasteiger partial charge on any atom is 0.416 e. The van der Waals surface area contributed by atoms with Gasteiger partial charge in [0.25, 0.3) is 5.91 Å². The topological polar surface area (TPSA) is 58.2 Å². The number of halogens is 4. The van der Waals surface area contributed by atoms with Gasteiger partial charge in [0.2, 0.25) is 5.91 Å². The molecule has 0 saturated carbocycles. The third-order valence-corrected chi connectivity index (χ3v) is 3.28. The van der Waals surface area contributed by atoms with Gasteiger partial charge in [-0.05, 0) is 48.9 Å². The van der Waals surface area contributed by atoms with Crippen LogP contribution in [0.25, 0.3) is 0 Å². The fraction of sp³-hybridized carbons (Fsp3) is 0.176. The van der Waals surface area contributed by atoms with Gasteiger partial charge in [-0.2, -0.15) is 13.2 Å². The minimum absolute atomic E-state index is 0.0256. The highest BCUT2D eigenvalue weighted by atomic mass is 19.4. The normalized spacial score (nSPS) is 11.1. The molecular formula is C17H14F4N2O2. The van der Waals surface area contributed by atoms with Gasteiger partial charge in [0.05, 0.1) is 17.8 Å². The molecule has 0 spiro atoms. The van der Waals surface area contributed by atoms with Gasteiger partial charge in [0.15, 0.2) is 0 Å². The zero-order valence-corrected chi connectivity index (χ0v) is 13.1. The van der Waals surface area contributed by atoms with Crippen LogP contribution in [0.3, 0.4) is 0 Å². The summed E-state index contributed by atoms with van der Waals surface area (Å²) < 4.78 is 51.0. The zero-order valence-electron chi connectivity index (χ0n) is 13.1. The maximum absolute atomic E-state index is 13.6. The van der Waals surface area contributed by atoms with Crippen LogP contribution in [0.15, 0.2) is 42.5 Å². The van der Waals surface area contributed by atoms with Crippen molar-refractivity contribution in [1.82, 2.24) is 5.32 Å². The summed E-state index contributed by atoms with van der Waals surface area (Å²) in [4.78, 5) is 23.6. The zero-order chi connectivity index (χ0) is 18.6. The number of aryl methyl sites for hydroxylation is 1. The molecule has 0 aliphatic carbocycles. The van der Waals surface area contributed by atoms with Gasteiger partial charge in [0, 0.05) is 5.56 Å².